The van der Waals surface area contributed by atoms with E-state index in [0.29, 0.717) is 28.6 Å². The van der Waals surface area contributed by atoms with Crippen molar-refractivity contribution < 1.29 is 4.79 Å². The quantitative estimate of drug-likeness (QED) is 0.888. The monoisotopic (exact) mass is 250 g/mol. The molecule has 0 fully saturated rings. The summed E-state index contributed by atoms with van der Waals surface area (Å²) >= 11 is 5.94. The summed E-state index contributed by atoms with van der Waals surface area (Å²) in [6.07, 6.45) is 1.30. The number of anilines is 1. The van der Waals surface area contributed by atoms with E-state index >= 15 is 0 Å². The molecule has 0 radical (unpaired) electrons. The second kappa shape index (κ2) is 6.27. The minimum absolute atomic E-state index is 0.0734. The number of hydrogen-bond donors (Lipinski definition) is 1. The van der Waals surface area contributed by atoms with Gasteiger partial charge in [0, 0.05) is 6.42 Å². The largest absolute Gasteiger partial charge is 0.325 e. The van der Waals surface area contributed by atoms with E-state index in [-0.39, 0.29) is 5.91 Å². The van der Waals surface area contributed by atoms with Crippen LogP contribution in [0, 0.1) is 17.2 Å². The van der Waals surface area contributed by atoms with E-state index in [0.717, 1.165) is 6.42 Å². The molecule has 0 spiro atoms. The highest BCUT2D eigenvalue weighted by atomic mass is 35.5. The van der Waals surface area contributed by atoms with Crippen LogP contribution in [0.4, 0.5) is 5.69 Å². The average Bonchev–Trinajstić information content (AvgIpc) is 2.29. The Kier molecular flexibility index (Phi) is 4.99. The molecule has 0 bridgehead atoms. The lowest BCUT2D eigenvalue weighted by molar-refractivity contribution is -0.116. The molecule has 1 aromatic carbocycles. The Balaban J connectivity index is 2.68. The lowest BCUT2D eigenvalue weighted by Gasteiger charge is -2.08. The first-order valence-electron chi connectivity index (χ1n) is 5.52. The van der Waals surface area contributed by atoms with Crippen molar-refractivity contribution in [1.82, 2.24) is 0 Å². The molecule has 3 nitrogen and oxygen atoms in total. The van der Waals surface area contributed by atoms with E-state index in [1.165, 1.54) is 0 Å². The van der Waals surface area contributed by atoms with Crippen molar-refractivity contribution in [3.05, 3.63) is 28.8 Å². The Bertz CT molecular complexity index is 449. The Morgan fingerprint density at radius 1 is 1.53 bits per heavy atom. The molecule has 1 aromatic rings. The van der Waals surface area contributed by atoms with Crippen LogP contribution < -0.4 is 5.32 Å². The molecule has 0 aliphatic carbocycles. The second-order valence-electron chi connectivity index (χ2n) is 4.29. The molecule has 0 saturated carbocycles. The normalized spacial score (nSPS) is 10.1. The summed E-state index contributed by atoms with van der Waals surface area (Å²) in [6, 6.07) is 6.81. The predicted octanol–water partition coefficient (Wildman–Crippen LogP) is 3.59. The highest BCUT2D eigenvalue weighted by molar-refractivity contribution is 6.33. The molecular weight excluding hydrogens is 236 g/mol. The SMILES string of the molecule is CC(C)CCC(=O)Nc1cc(C#N)ccc1Cl. The Morgan fingerprint density at radius 2 is 2.24 bits per heavy atom. The highest BCUT2D eigenvalue weighted by Gasteiger charge is 2.07. The fraction of sp³-hybridized carbons (Fsp3) is 0.385. The van der Waals surface area contributed by atoms with Crippen molar-refractivity contribution in [2.75, 3.05) is 5.32 Å². The Labute approximate surface area is 106 Å². The molecule has 90 valence electrons. The summed E-state index contributed by atoms with van der Waals surface area (Å²) in [5.74, 6) is 0.414. The van der Waals surface area contributed by atoms with E-state index < -0.39 is 0 Å². The summed E-state index contributed by atoms with van der Waals surface area (Å²) in [5.41, 5.74) is 0.980. The third-order valence-corrected chi connectivity index (χ3v) is 2.65. The molecule has 1 N–H and O–H groups in total. The Morgan fingerprint density at radius 3 is 2.82 bits per heavy atom. The predicted molar refractivity (Wildman–Crippen MR) is 68.9 cm³/mol. The Hall–Kier alpha value is -1.53. The zero-order valence-corrected chi connectivity index (χ0v) is 10.7. The number of hydrogen-bond acceptors (Lipinski definition) is 2. The number of nitrogens with zero attached hydrogens (tertiary/aromatic N) is 1. The average molecular weight is 251 g/mol. The molecule has 17 heavy (non-hydrogen) atoms. The van der Waals surface area contributed by atoms with Crippen molar-refractivity contribution >= 4 is 23.2 Å². The van der Waals surface area contributed by atoms with E-state index in [1.807, 2.05) is 6.07 Å². The van der Waals surface area contributed by atoms with Gasteiger partial charge in [-0.15, -0.1) is 0 Å². The van der Waals surface area contributed by atoms with E-state index in [2.05, 4.69) is 19.2 Å². The summed E-state index contributed by atoms with van der Waals surface area (Å²) in [5, 5.41) is 11.9. The first-order chi connectivity index (χ1) is 8.02. The van der Waals surface area contributed by atoms with Crippen LogP contribution in [0.1, 0.15) is 32.3 Å². The fourth-order valence-corrected chi connectivity index (χ4v) is 1.49. The van der Waals surface area contributed by atoms with Crippen molar-refractivity contribution in [2.24, 2.45) is 5.92 Å². The zero-order valence-electron chi connectivity index (χ0n) is 9.96. The maximum atomic E-state index is 11.6. The smallest absolute Gasteiger partial charge is 0.224 e. The van der Waals surface area contributed by atoms with Gasteiger partial charge < -0.3 is 5.32 Å². The molecule has 0 heterocycles. The molecule has 0 aliphatic rings. The van der Waals surface area contributed by atoms with Crippen molar-refractivity contribution in [1.29, 1.82) is 5.26 Å². The lowest BCUT2D eigenvalue weighted by atomic mass is 10.1. The summed E-state index contributed by atoms with van der Waals surface area (Å²) < 4.78 is 0. The van der Waals surface area contributed by atoms with E-state index in [1.54, 1.807) is 18.2 Å². The van der Waals surface area contributed by atoms with Gasteiger partial charge in [-0.05, 0) is 30.5 Å². The first kappa shape index (κ1) is 13.5. The molecule has 0 aromatic heterocycles. The number of rotatable bonds is 4. The summed E-state index contributed by atoms with van der Waals surface area (Å²) in [6.45, 7) is 4.13. The number of nitriles is 1. The van der Waals surface area contributed by atoms with Crippen LogP contribution in [0.15, 0.2) is 18.2 Å². The van der Waals surface area contributed by atoms with Gasteiger partial charge in [0.15, 0.2) is 0 Å². The van der Waals surface area contributed by atoms with Crippen LogP contribution in [0.2, 0.25) is 5.02 Å². The molecule has 0 unspecified atom stereocenters. The third-order valence-electron chi connectivity index (χ3n) is 2.32. The van der Waals surface area contributed by atoms with Crippen molar-refractivity contribution in [2.45, 2.75) is 26.7 Å². The molecule has 1 rings (SSSR count). The van der Waals surface area contributed by atoms with Gasteiger partial charge in [0.05, 0.1) is 22.3 Å². The summed E-state index contributed by atoms with van der Waals surface area (Å²) in [7, 11) is 0. The third kappa shape index (κ3) is 4.46. The van der Waals surface area contributed by atoms with Gasteiger partial charge in [-0.3, -0.25) is 4.79 Å². The topological polar surface area (TPSA) is 52.9 Å². The number of halogens is 1. The van der Waals surface area contributed by atoms with Gasteiger partial charge in [-0.2, -0.15) is 5.26 Å². The van der Waals surface area contributed by atoms with Gasteiger partial charge in [0.2, 0.25) is 5.91 Å². The number of nitrogens with one attached hydrogen (secondary N) is 1. The minimum atomic E-state index is -0.0734. The maximum Gasteiger partial charge on any atom is 0.224 e. The number of carbonyl (C=O) groups is 1. The van der Waals surface area contributed by atoms with Gasteiger partial charge in [-0.25, -0.2) is 0 Å². The highest BCUT2D eigenvalue weighted by Crippen LogP contribution is 2.23. The van der Waals surface area contributed by atoms with E-state index in [4.69, 9.17) is 16.9 Å². The van der Waals surface area contributed by atoms with Gasteiger partial charge in [0.25, 0.3) is 0 Å². The van der Waals surface area contributed by atoms with Gasteiger partial charge in [0.1, 0.15) is 0 Å². The number of amides is 1. The van der Waals surface area contributed by atoms with Crippen molar-refractivity contribution in [3.63, 3.8) is 0 Å². The summed E-state index contributed by atoms with van der Waals surface area (Å²) in [4.78, 5) is 11.6. The van der Waals surface area contributed by atoms with Gasteiger partial charge >= 0.3 is 0 Å². The maximum absolute atomic E-state index is 11.6. The number of carbonyl (C=O) groups excluding carboxylic acids is 1. The van der Waals surface area contributed by atoms with Crippen LogP contribution in [0.3, 0.4) is 0 Å². The molecular formula is C13H15ClN2O. The van der Waals surface area contributed by atoms with Crippen LogP contribution in [0.25, 0.3) is 0 Å². The van der Waals surface area contributed by atoms with Crippen LogP contribution >= 0.6 is 11.6 Å². The van der Waals surface area contributed by atoms with Crippen molar-refractivity contribution in [3.8, 4) is 6.07 Å². The van der Waals surface area contributed by atoms with E-state index in [9.17, 15) is 4.79 Å². The second-order valence-corrected chi connectivity index (χ2v) is 4.69. The molecule has 0 aliphatic heterocycles. The lowest BCUT2D eigenvalue weighted by Crippen LogP contribution is -2.12. The molecule has 4 heteroatoms. The van der Waals surface area contributed by atoms with Crippen LogP contribution in [-0.4, -0.2) is 5.91 Å². The minimum Gasteiger partial charge on any atom is -0.325 e. The standard InChI is InChI=1S/C13H15ClN2O/c1-9(2)3-6-13(17)16-12-7-10(8-15)4-5-11(12)14/h4-5,7,9H,3,6H2,1-2H3,(H,16,17). The molecule has 0 saturated heterocycles. The molecule has 0 atom stereocenters. The fourth-order valence-electron chi connectivity index (χ4n) is 1.32. The zero-order chi connectivity index (χ0) is 12.8. The van der Waals surface area contributed by atoms with Crippen LogP contribution in [-0.2, 0) is 4.79 Å². The van der Waals surface area contributed by atoms with Gasteiger partial charge in [-0.1, -0.05) is 25.4 Å². The number of benzene rings is 1. The first-order valence-corrected chi connectivity index (χ1v) is 5.90. The molecule has 1 amide bonds. The van der Waals surface area contributed by atoms with Crippen LogP contribution in [0.5, 0.6) is 0 Å².